The van der Waals surface area contributed by atoms with Gasteiger partial charge >= 0.3 is 12.1 Å². The number of aromatic nitrogens is 3. The molecule has 2 aromatic heterocycles. The van der Waals surface area contributed by atoms with Crippen molar-refractivity contribution in [1.82, 2.24) is 25.2 Å². The van der Waals surface area contributed by atoms with Gasteiger partial charge in [-0.25, -0.2) is 13.6 Å². The molecule has 46 heavy (non-hydrogen) atoms. The predicted molar refractivity (Wildman–Crippen MR) is 171 cm³/mol. The molecule has 6 bridgehead atoms. The van der Waals surface area contributed by atoms with Crippen LogP contribution in [-0.2, 0) is 11.2 Å². The number of fused-ring (bicyclic) bond motifs is 6. The molecule has 0 radical (unpaired) electrons. The van der Waals surface area contributed by atoms with E-state index in [4.69, 9.17) is 19.4 Å². The van der Waals surface area contributed by atoms with Gasteiger partial charge in [-0.3, -0.25) is 9.88 Å². The predicted octanol–water partition coefficient (Wildman–Crippen LogP) is 5.97. The summed E-state index contributed by atoms with van der Waals surface area (Å²) >= 11 is 0. The third-order valence-corrected chi connectivity index (χ3v) is 10.4. The Morgan fingerprint density at radius 3 is 2.87 bits per heavy atom. The molecule has 0 spiro atoms. The number of amides is 1. The number of alkyl halides is 1. The van der Waals surface area contributed by atoms with E-state index in [0.29, 0.717) is 49.2 Å². The molecule has 240 valence electrons. The van der Waals surface area contributed by atoms with E-state index in [0.717, 1.165) is 55.0 Å². The van der Waals surface area contributed by atoms with Gasteiger partial charge in [-0.1, -0.05) is 36.4 Å². The van der Waals surface area contributed by atoms with Crippen LogP contribution in [0.15, 0.2) is 42.6 Å². The van der Waals surface area contributed by atoms with Crippen LogP contribution < -0.4 is 15.0 Å². The van der Waals surface area contributed by atoms with Crippen LogP contribution in [0, 0.1) is 5.82 Å². The third kappa shape index (κ3) is 5.09. The van der Waals surface area contributed by atoms with Crippen molar-refractivity contribution in [3.63, 3.8) is 0 Å². The van der Waals surface area contributed by atoms with E-state index in [9.17, 15) is 9.18 Å². The van der Waals surface area contributed by atoms with Crippen LogP contribution >= 0.6 is 0 Å². The number of nitrogens with one attached hydrogen (secondary N) is 1. The first-order valence-electron chi connectivity index (χ1n) is 16.4. The van der Waals surface area contributed by atoms with E-state index in [-0.39, 0.29) is 30.4 Å². The Morgan fingerprint density at radius 1 is 1.11 bits per heavy atom. The van der Waals surface area contributed by atoms with E-state index in [2.05, 4.69) is 20.1 Å². The highest BCUT2D eigenvalue weighted by Gasteiger charge is 2.49. The minimum Gasteiger partial charge on any atom is -0.461 e. The normalized spacial score (nSPS) is 26.7. The molecule has 1 N–H and O–H groups in total. The number of pyridine rings is 1. The minimum absolute atomic E-state index is 0.0557. The Balaban J connectivity index is 1.30. The number of carbonyl (C=O) groups excluding carboxylic acids is 1. The summed E-state index contributed by atoms with van der Waals surface area (Å²) in [6.07, 6.45) is 5.48. The summed E-state index contributed by atoms with van der Waals surface area (Å²) in [6.45, 7) is 4.74. The van der Waals surface area contributed by atoms with Gasteiger partial charge in [0.25, 0.3) is 0 Å². The van der Waals surface area contributed by atoms with E-state index < -0.39 is 29.2 Å². The summed E-state index contributed by atoms with van der Waals surface area (Å²) < 4.78 is 43.5. The lowest BCUT2D eigenvalue weighted by Gasteiger charge is -2.34. The zero-order chi connectivity index (χ0) is 31.5. The maximum absolute atomic E-state index is 16.9. The quantitative estimate of drug-likeness (QED) is 0.297. The van der Waals surface area contributed by atoms with Crippen molar-refractivity contribution in [3.8, 4) is 17.3 Å². The second-order valence-corrected chi connectivity index (χ2v) is 13.6. The van der Waals surface area contributed by atoms with Gasteiger partial charge in [0.2, 0.25) is 0 Å². The maximum Gasteiger partial charge on any atom is 0.407 e. The van der Waals surface area contributed by atoms with Crippen molar-refractivity contribution >= 4 is 33.6 Å². The van der Waals surface area contributed by atoms with Crippen molar-refractivity contribution in [2.75, 3.05) is 44.3 Å². The molecule has 1 unspecified atom stereocenters. The first-order chi connectivity index (χ1) is 22.3. The van der Waals surface area contributed by atoms with Gasteiger partial charge in [0.1, 0.15) is 29.8 Å². The summed E-state index contributed by atoms with van der Waals surface area (Å²) in [5, 5.41) is 5.38. The molecular weight excluding hydrogens is 590 g/mol. The number of nitrogens with zero attached hydrogens (tertiary/aromatic N) is 5. The number of carbonyl (C=O) groups is 1. The number of hydrogen-bond donors (Lipinski definition) is 1. The SMILES string of the molecule is CC12CCCCN(C1)c1nc(OC[C@@]34CCCN3C[C@H](F)C4)nc3c(F)c(ncc13)-c1cccc3cccc(c13)CCOC(=O)N2. The molecule has 0 aliphatic carbocycles. The molecule has 9 rings (SSSR count). The summed E-state index contributed by atoms with van der Waals surface area (Å²) in [7, 11) is 0. The highest BCUT2D eigenvalue weighted by molar-refractivity contribution is 6.00. The molecular formula is C35H38F2N6O3. The molecule has 4 aromatic rings. The number of ether oxygens (including phenoxy) is 2. The highest BCUT2D eigenvalue weighted by atomic mass is 19.1. The van der Waals surface area contributed by atoms with E-state index in [1.807, 2.05) is 43.3 Å². The second kappa shape index (κ2) is 11.3. The zero-order valence-electron chi connectivity index (χ0n) is 26.0. The van der Waals surface area contributed by atoms with Gasteiger partial charge in [0.15, 0.2) is 5.82 Å². The maximum atomic E-state index is 16.9. The Hall–Kier alpha value is -4.12. The van der Waals surface area contributed by atoms with Crippen LogP contribution in [-0.4, -0.2) is 82.6 Å². The van der Waals surface area contributed by atoms with Crippen LogP contribution in [0.5, 0.6) is 6.01 Å². The van der Waals surface area contributed by atoms with Gasteiger partial charge < -0.3 is 19.7 Å². The number of rotatable bonds is 3. The minimum atomic E-state index is -0.894. The van der Waals surface area contributed by atoms with Crippen molar-refractivity contribution < 1.29 is 23.0 Å². The topological polar surface area (TPSA) is 92.7 Å². The van der Waals surface area contributed by atoms with Gasteiger partial charge in [-0.2, -0.15) is 9.97 Å². The smallest absolute Gasteiger partial charge is 0.407 e. The van der Waals surface area contributed by atoms with E-state index in [1.165, 1.54) is 0 Å². The summed E-state index contributed by atoms with van der Waals surface area (Å²) in [4.78, 5) is 31.6. The molecule has 7 heterocycles. The molecule has 9 nitrogen and oxygen atoms in total. The standard InChI is InChI=1S/C35H38F2N6O3/c1-34-12-2-3-14-42(20-34)31-26-18-38-29(25-10-5-9-22-7-4-8-23(27(22)25)11-16-45-33(44)41-34)28(37)30(26)39-32(40-31)46-21-35-13-6-15-43(35)19-24(36)17-35/h4-5,7-10,18,24H,2-3,6,11-17,19-21H2,1H3,(H,41,44)/t24-,34?,35+/m1/s1. The molecule has 3 saturated heterocycles. The van der Waals surface area contributed by atoms with Gasteiger partial charge in [0.05, 0.1) is 23.1 Å². The Kier molecular flexibility index (Phi) is 7.19. The van der Waals surface area contributed by atoms with Crippen LogP contribution in [0.1, 0.15) is 51.0 Å². The molecule has 0 saturated carbocycles. The summed E-state index contributed by atoms with van der Waals surface area (Å²) in [5.41, 5.74) is 0.847. The molecule has 5 aliphatic heterocycles. The van der Waals surface area contributed by atoms with Crippen molar-refractivity contribution in [1.29, 1.82) is 0 Å². The average Bonchev–Trinajstić information content (AvgIpc) is 3.49. The van der Waals surface area contributed by atoms with Crippen molar-refractivity contribution in [2.24, 2.45) is 0 Å². The first kappa shape index (κ1) is 29.3. The number of anilines is 1. The summed E-state index contributed by atoms with van der Waals surface area (Å²) in [6, 6.07) is 11.7. The molecule has 2 aromatic carbocycles. The van der Waals surface area contributed by atoms with Gasteiger partial charge in [-0.05, 0) is 61.9 Å². The lowest BCUT2D eigenvalue weighted by atomic mass is 9.95. The Morgan fingerprint density at radius 2 is 1.98 bits per heavy atom. The van der Waals surface area contributed by atoms with Gasteiger partial charge in [0, 0.05) is 44.2 Å². The Bertz CT molecular complexity index is 1830. The van der Waals surface area contributed by atoms with Crippen LogP contribution in [0.4, 0.5) is 19.4 Å². The fourth-order valence-corrected chi connectivity index (χ4v) is 8.20. The molecule has 1 amide bonds. The largest absolute Gasteiger partial charge is 0.461 e. The first-order valence-corrected chi connectivity index (χ1v) is 16.4. The molecule has 3 fully saturated rings. The number of alkyl carbamates (subject to hydrolysis) is 1. The lowest BCUT2D eigenvalue weighted by Crippen LogP contribution is -2.53. The number of hydrogen-bond acceptors (Lipinski definition) is 8. The molecule has 11 heteroatoms. The van der Waals surface area contributed by atoms with Crippen LogP contribution in [0.25, 0.3) is 32.9 Å². The summed E-state index contributed by atoms with van der Waals surface area (Å²) in [5.74, 6) is -0.0459. The van der Waals surface area contributed by atoms with E-state index >= 15 is 4.39 Å². The number of benzene rings is 2. The molecule has 5 aliphatic rings. The second-order valence-electron chi connectivity index (χ2n) is 13.6. The zero-order valence-corrected chi connectivity index (χ0v) is 26.0. The van der Waals surface area contributed by atoms with Crippen molar-refractivity contribution in [2.45, 2.75) is 69.1 Å². The Labute approximate surface area is 266 Å². The number of halogens is 2. The fourth-order valence-electron chi connectivity index (χ4n) is 8.20. The monoisotopic (exact) mass is 628 g/mol. The fraction of sp³-hybridized carbons (Fsp3) is 0.486. The third-order valence-electron chi connectivity index (χ3n) is 10.4. The van der Waals surface area contributed by atoms with Crippen LogP contribution in [0.3, 0.4) is 0 Å². The van der Waals surface area contributed by atoms with Crippen LogP contribution in [0.2, 0.25) is 0 Å². The lowest BCUT2D eigenvalue weighted by molar-refractivity contribution is 0.107. The van der Waals surface area contributed by atoms with Crippen molar-refractivity contribution in [3.05, 3.63) is 54.0 Å². The highest BCUT2D eigenvalue weighted by Crippen LogP contribution is 2.41. The van der Waals surface area contributed by atoms with E-state index in [1.54, 1.807) is 6.20 Å². The molecule has 3 atom stereocenters. The van der Waals surface area contributed by atoms with Gasteiger partial charge in [-0.15, -0.1) is 0 Å². The average molecular weight is 629 g/mol.